The molecule has 3 aromatic carbocycles. The van der Waals surface area contributed by atoms with E-state index in [0.29, 0.717) is 28.2 Å². The molecule has 0 spiro atoms. The molecule has 0 aliphatic carbocycles. The maximum atomic E-state index is 14.8. The Morgan fingerprint density at radius 1 is 0.950 bits per heavy atom. The van der Waals surface area contributed by atoms with Gasteiger partial charge >= 0.3 is 6.03 Å². The van der Waals surface area contributed by atoms with Crippen LogP contribution >= 0.6 is 0 Å². The second kappa shape index (κ2) is 10.3. The molecule has 0 unspecified atom stereocenters. The Bertz CT molecular complexity index is 1890. The Morgan fingerprint density at radius 2 is 1.82 bits per heavy atom. The number of nitrogens with zero attached hydrogens (tertiary/aromatic N) is 2. The maximum Gasteiger partial charge on any atom is 0.319 e. The lowest BCUT2D eigenvalue weighted by Crippen LogP contribution is -2.28. The molecule has 8 nitrogen and oxygen atoms in total. The number of carbonyl (C=O) groups excluding carboxylic acids is 1. The van der Waals surface area contributed by atoms with E-state index in [2.05, 4.69) is 20.6 Å². The fourth-order valence-corrected chi connectivity index (χ4v) is 4.45. The highest BCUT2D eigenvalue weighted by Gasteiger charge is 2.14. The summed E-state index contributed by atoms with van der Waals surface area (Å²) in [7, 11) is 0. The van der Waals surface area contributed by atoms with E-state index in [0.717, 1.165) is 22.7 Å². The second-order valence-electron chi connectivity index (χ2n) is 9.04. The molecule has 0 radical (unpaired) electrons. The van der Waals surface area contributed by atoms with E-state index in [9.17, 15) is 18.4 Å². The summed E-state index contributed by atoms with van der Waals surface area (Å²) in [4.78, 5) is 31.3. The van der Waals surface area contributed by atoms with Crippen LogP contribution in [0.15, 0.2) is 107 Å². The molecule has 6 aromatic rings. The Kier molecular flexibility index (Phi) is 6.41. The lowest BCUT2D eigenvalue weighted by molar-refractivity contribution is 0.251. The zero-order valence-electron chi connectivity index (χ0n) is 20.8. The first-order valence-electron chi connectivity index (χ1n) is 12.3. The molecule has 0 bridgehead atoms. The summed E-state index contributed by atoms with van der Waals surface area (Å²) < 4.78 is 35.5. The minimum absolute atomic E-state index is 0.173. The molecule has 0 atom stereocenters. The molecule has 3 heterocycles. The van der Waals surface area contributed by atoms with Crippen molar-refractivity contribution < 1.29 is 18.0 Å². The zero-order valence-corrected chi connectivity index (χ0v) is 20.8. The standard InChI is InChI=1S/C30H21F2N5O3/c31-21-5-6-25(26(32)13-21)20-10-22(36-30(39)34-16-24-2-1-9-40-24)14-23(11-20)37-17-35-27-12-18(3-7-28(27)37)19-4-8-29(38)33-15-19/h1-15,17H,16H2,(H,33,38)(H2,34,36,39). The first-order valence-corrected chi connectivity index (χ1v) is 12.3. The number of halogens is 2. The first-order chi connectivity index (χ1) is 19.4. The monoisotopic (exact) mass is 537 g/mol. The molecule has 2 amide bonds. The van der Waals surface area contributed by atoms with Crippen molar-refractivity contribution in [3.8, 4) is 27.9 Å². The number of pyridine rings is 1. The molecular formula is C30H21F2N5O3. The van der Waals surface area contributed by atoms with E-state index in [1.807, 2.05) is 22.8 Å². The zero-order chi connectivity index (χ0) is 27.6. The summed E-state index contributed by atoms with van der Waals surface area (Å²) in [6.07, 6.45) is 4.78. The van der Waals surface area contributed by atoms with Crippen molar-refractivity contribution >= 4 is 22.8 Å². The SMILES string of the molecule is O=C(NCc1ccco1)Nc1cc(-c2ccc(F)cc2F)cc(-n2cnc3cc(-c4ccc(=O)[nH]c4)ccc32)c1. The van der Waals surface area contributed by atoms with Crippen LogP contribution in [0.4, 0.5) is 19.3 Å². The molecule has 3 aromatic heterocycles. The summed E-state index contributed by atoms with van der Waals surface area (Å²) in [5.74, 6) is -0.831. The smallest absolute Gasteiger partial charge is 0.319 e. The van der Waals surface area contributed by atoms with Crippen molar-refractivity contribution in [3.63, 3.8) is 0 Å². The highest BCUT2D eigenvalue weighted by molar-refractivity contribution is 5.91. The number of hydrogen-bond donors (Lipinski definition) is 3. The van der Waals surface area contributed by atoms with Gasteiger partial charge in [0.2, 0.25) is 5.56 Å². The molecule has 198 valence electrons. The Hall–Kier alpha value is -5.51. The van der Waals surface area contributed by atoms with Crippen LogP contribution in [0.2, 0.25) is 0 Å². The van der Waals surface area contributed by atoms with Gasteiger partial charge in [-0.25, -0.2) is 18.6 Å². The number of rotatable bonds is 6. The molecule has 6 rings (SSSR count). The number of imidazole rings is 1. The number of aromatic amines is 1. The topological polar surface area (TPSA) is 105 Å². The third kappa shape index (κ3) is 5.10. The average Bonchev–Trinajstić information content (AvgIpc) is 3.62. The number of carbonyl (C=O) groups is 1. The van der Waals surface area contributed by atoms with Gasteiger partial charge in [-0.3, -0.25) is 9.36 Å². The number of furan rings is 1. The number of amides is 2. The van der Waals surface area contributed by atoms with Crippen LogP contribution < -0.4 is 16.2 Å². The summed E-state index contributed by atoms with van der Waals surface area (Å²) in [5, 5.41) is 5.49. The van der Waals surface area contributed by atoms with Gasteiger partial charge in [0.05, 0.1) is 23.8 Å². The van der Waals surface area contributed by atoms with Crippen molar-refractivity contribution in [1.29, 1.82) is 0 Å². The molecule has 0 saturated carbocycles. The Labute approximate surface area is 225 Å². The molecule has 0 saturated heterocycles. The summed E-state index contributed by atoms with van der Waals surface area (Å²) in [6.45, 7) is 0.182. The van der Waals surface area contributed by atoms with Gasteiger partial charge in [-0.1, -0.05) is 6.07 Å². The highest BCUT2D eigenvalue weighted by atomic mass is 19.1. The first kappa shape index (κ1) is 24.8. The van der Waals surface area contributed by atoms with Crippen LogP contribution in [0.5, 0.6) is 0 Å². The fourth-order valence-electron chi connectivity index (χ4n) is 4.45. The van der Waals surface area contributed by atoms with Crippen LogP contribution in [0.1, 0.15) is 5.76 Å². The number of anilines is 1. The van der Waals surface area contributed by atoms with Crippen molar-refractivity contribution in [2.45, 2.75) is 6.54 Å². The van der Waals surface area contributed by atoms with Crippen LogP contribution in [-0.4, -0.2) is 20.6 Å². The summed E-state index contributed by atoms with van der Waals surface area (Å²) in [6, 6.07) is 20.3. The molecule has 0 aliphatic heterocycles. The van der Waals surface area contributed by atoms with E-state index in [1.54, 1.807) is 48.9 Å². The predicted octanol–water partition coefficient (Wildman–Crippen LogP) is 6.24. The van der Waals surface area contributed by atoms with Gasteiger partial charge in [0.25, 0.3) is 0 Å². The number of nitrogens with one attached hydrogen (secondary N) is 3. The van der Waals surface area contributed by atoms with Crippen molar-refractivity contribution in [3.05, 3.63) is 125 Å². The van der Waals surface area contributed by atoms with E-state index in [4.69, 9.17) is 4.42 Å². The van der Waals surface area contributed by atoms with E-state index >= 15 is 0 Å². The van der Waals surface area contributed by atoms with Gasteiger partial charge in [0.15, 0.2) is 0 Å². The van der Waals surface area contributed by atoms with Gasteiger partial charge in [-0.05, 0) is 77.4 Å². The van der Waals surface area contributed by atoms with Crippen LogP contribution in [0.3, 0.4) is 0 Å². The minimum atomic E-state index is -0.730. The van der Waals surface area contributed by atoms with Crippen molar-refractivity contribution in [2.75, 3.05) is 5.32 Å². The van der Waals surface area contributed by atoms with Crippen molar-refractivity contribution in [2.24, 2.45) is 0 Å². The number of hydrogen-bond acceptors (Lipinski definition) is 4. The molecular weight excluding hydrogens is 516 g/mol. The number of aromatic nitrogens is 3. The number of H-pyrrole nitrogens is 1. The number of benzene rings is 3. The third-order valence-electron chi connectivity index (χ3n) is 6.36. The lowest BCUT2D eigenvalue weighted by atomic mass is 10.0. The van der Waals surface area contributed by atoms with Gasteiger partial charge < -0.3 is 20.0 Å². The third-order valence-corrected chi connectivity index (χ3v) is 6.36. The van der Waals surface area contributed by atoms with Crippen LogP contribution in [0, 0.1) is 11.6 Å². The van der Waals surface area contributed by atoms with Gasteiger partial charge in [0, 0.05) is 35.3 Å². The highest BCUT2D eigenvalue weighted by Crippen LogP contribution is 2.31. The largest absolute Gasteiger partial charge is 0.467 e. The number of fused-ring (bicyclic) bond motifs is 1. The molecule has 3 N–H and O–H groups in total. The summed E-state index contributed by atoms with van der Waals surface area (Å²) in [5.41, 5.74) is 4.55. The molecule has 40 heavy (non-hydrogen) atoms. The van der Waals surface area contributed by atoms with E-state index < -0.39 is 17.7 Å². The van der Waals surface area contributed by atoms with Crippen LogP contribution in [0.25, 0.3) is 39.0 Å². The van der Waals surface area contributed by atoms with Crippen LogP contribution in [-0.2, 0) is 6.54 Å². The van der Waals surface area contributed by atoms with E-state index in [-0.39, 0.29) is 17.7 Å². The van der Waals surface area contributed by atoms with Crippen molar-refractivity contribution in [1.82, 2.24) is 19.9 Å². The summed E-state index contributed by atoms with van der Waals surface area (Å²) >= 11 is 0. The lowest BCUT2D eigenvalue weighted by Gasteiger charge is -2.14. The minimum Gasteiger partial charge on any atom is -0.467 e. The average molecular weight is 538 g/mol. The quantitative estimate of drug-likeness (QED) is 0.234. The maximum absolute atomic E-state index is 14.8. The molecule has 0 fully saturated rings. The van der Waals surface area contributed by atoms with Gasteiger partial charge in [-0.15, -0.1) is 0 Å². The Balaban J connectivity index is 1.38. The molecule has 0 aliphatic rings. The Morgan fingerprint density at radius 3 is 2.60 bits per heavy atom. The number of urea groups is 1. The van der Waals surface area contributed by atoms with E-state index in [1.165, 1.54) is 24.5 Å². The predicted molar refractivity (Wildman–Crippen MR) is 147 cm³/mol. The van der Waals surface area contributed by atoms with Gasteiger partial charge in [-0.2, -0.15) is 0 Å². The normalized spacial score (nSPS) is 11.1. The fraction of sp³-hybridized carbons (Fsp3) is 0.0333. The van der Waals surface area contributed by atoms with Gasteiger partial charge in [0.1, 0.15) is 23.7 Å². The second-order valence-corrected chi connectivity index (χ2v) is 9.04. The molecule has 10 heteroatoms.